The number of nitrogens with zero attached hydrogens (tertiary/aromatic N) is 1. The van der Waals surface area contributed by atoms with E-state index in [0.29, 0.717) is 10.9 Å². The molecule has 0 atom stereocenters. The Morgan fingerprint density at radius 2 is 2.44 bits per heavy atom. The Morgan fingerprint density at radius 1 is 1.67 bits per heavy atom. The monoisotopic (exact) mass is 141 g/mol. The van der Waals surface area contributed by atoms with Crippen LogP contribution in [0.15, 0.2) is 0 Å². The molecule has 0 unspecified atom stereocenters. The van der Waals surface area contributed by atoms with Crippen molar-refractivity contribution in [2.45, 2.75) is 18.8 Å². The zero-order chi connectivity index (χ0) is 6.27. The highest BCUT2D eigenvalue weighted by molar-refractivity contribution is 6.31. The molecule has 1 saturated carbocycles. The molecule has 0 aromatic carbocycles. The van der Waals surface area contributed by atoms with Gasteiger partial charge in [-0.15, -0.1) is 0 Å². The Balaban J connectivity index is 2.35. The number of H-pyrrole nitrogens is 1. The predicted octanol–water partition coefficient (Wildman–Crippen LogP) is 1.74. The minimum Gasteiger partial charge on any atom is -0.274 e. The third-order valence-corrected chi connectivity index (χ3v) is 1.82. The molecular weight excluding hydrogens is 136 g/mol. The second-order valence-electron chi connectivity index (χ2n) is 2.32. The summed E-state index contributed by atoms with van der Waals surface area (Å²) in [6.07, 6.45) is 5.19. The highest BCUT2D eigenvalue weighted by Crippen LogP contribution is 2.41. The van der Waals surface area contributed by atoms with Gasteiger partial charge in [0.1, 0.15) is 6.20 Å². The first-order valence-corrected chi connectivity index (χ1v) is 3.37. The lowest BCUT2D eigenvalue weighted by molar-refractivity contribution is 0.964. The van der Waals surface area contributed by atoms with Crippen LogP contribution in [0.1, 0.15) is 24.5 Å². The molecule has 0 saturated heterocycles. The first kappa shape index (κ1) is 5.30. The zero-order valence-electron chi connectivity index (χ0n) is 4.82. The summed E-state index contributed by atoms with van der Waals surface area (Å²) in [4.78, 5) is 0. The fourth-order valence-corrected chi connectivity index (χ4v) is 1.12. The third-order valence-electron chi connectivity index (χ3n) is 1.53. The van der Waals surface area contributed by atoms with Gasteiger partial charge in [-0.05, 0) is 12.8 Å². The lowest BCUT2D eigenvalue weighted by Crippen LogP contribution is -1.77. The Bertz CT molecular complexity index is 215. The van der Waals surface area contributed by atoms with Crippen LogP contribution in [0, 0.1) is 6.20 Å². The summed E-state index contributed by atoms with van der Waals surface area (Å²) < 4.78 is 0. The fourth-order valence-electron chi connectivity index (χ4n) is 0.878. The van der Waals surface area contributed by atoms with Crippen molar-refractivity contribution in [2.24, 2.45) is 0 Å². The van der Waals surface area contributed by atoms with Crippen LogP contribution in [-0.4, -0.2) is 10.2 Å². The van der Waals surface area contributed by atoms with E-state index in [4.69, 9.17) is 11.6 Å². The smallest absolute Gasteiger partial charge is 0.103 e. The van der Waals surface area contributed by atoms with E-state index in [9.17, 15) is 0 Å². The van der Waals surface area contributed by atoms with E-state index in [2.05, 4.69) is 16.4 Å². The topological polar surface area (TPSA) is 28.7 Å². The van der Waals surface area contributed by atoms with E-state index in [0.717, 1.165) is 5.69 Å². The number of aromatic amines is 1. The number of hydrogen-bond acceptors (Lipinski definition) is 1. The molecule has 0 bridgehead atoms. The van der Waals surface area contributed by atoms with Gasteiger partial charge in [0.05, 0.1) is 10.7 Å². The molecule has 1 heterocycles. The second kappa shape index (κ2) is 1.74. The average Bonchev–Trinajstić information content (AvgIpc) is 2.58. The molecule has 1 N–H and O–H groups in total. The molecule has 1 aromatic rings. The molecular formula is C6H6ClN2. The highest BCUT2D eigenvalue weighted by atomic mass is 35.5. The van der Waals surface area contributed by atoms with E-state index in [1.54, 1.807) is 0 Å². The van der Waals surface area contributed by atoms with Crippen LogP contribution in [0.3, 0.4) is 0 Å². The number of aromatic nitrogens is 2. The Kier molecular flexibility index (Phi) is 1.02. The van der Waals surface area contributed by atoms with Crippen molar-refractivity contribution < 1.29 is 0 Å². The lowest BCUT2D eigenvalue weighted by atomic mass is 10.3. The molecule has 2 nitrogen and oxygen atoms in total. The van der Waals surface area contributed by atoms with E-state index >= 15 is 0 Å². The summed E-state index contributed by atoms with van der Waals surface area (Å²) in [5, 5.41) is 7.24. The summed E-state index contributed by atoms with van der Waals surface area (Å²) >= 11 is 5.73. The van der Waals surface area contributed by atoms with Crippen LogP contribution in [0.25, 0.3) is 0 Å². The van der Waals surface area contributed by atoms with Crippen molar-refractivity contribution in [3.8, 4) is 0 Å². The summed E-state index contributed by atoms with van der Waals surface area (Å²) in [6, 6.07) is 0. The summed E-state index contributed by atoms with van der Waals surface area (Å²) in [5.41, 5.74) is 0.997. The standard InChI is InChI=1S/C6H6ClN2/c7-5-3-8-9-6(5)4-1-2-4/h4H,1-2H2,(H,8,9). The molecule has 1 radical (unpaired) electrons. The van der Waals surface area contributed by atoms with E-state index in [-0.39, 0.29) is 0 Å². The molecule has 1 aliphatic rings. The number of rotatable bonds is 1. The minimum atomic E-state index is 0.625. The maximum atomic E-state index is 5.73. The van der Waals surface area contributed by atoms with Gasteiger partial charge in [-0.2, -0.15) is 5.10 Å². The summed E-state index contributed by atoms with van der Waals surface area (Å²) in [6.45, 7) is 0. The van der Waals surface area contributed by atoms with Crippen molar-refractivity contribution >= 4 is 11.6 Å². The SMILES string of the molecule is Clc1[c][nH]nc1C1CC1. The fraction of sp³-hybridized carbons (Fsp3) is 0.500. The largest absolute Gasteiger partial charge is 0.274 e. The van der Waals surface area contributed by atoms with E-state index in [1.807, 2.05) is 0 Å². The number of hydrogen-bond donors (Lipinski definition) is 1. The molecule has 1 fully saturated rings. The molecule has 2 rings (SSSR count). The van der Waals surface area contributed by atoms with Crippen LogP contribution in [0.5, 0.6) is 0 Å². The van der Waals surface area contributed by atoms with Gasteiger partial charge in [0.15, 0.2) is 0 Å². The summed E-state index contributed by atoms with van der Waals surface area (Å²) in [5.74, 6) is 0.625. The van der Waals surface area contributed by atoms with Crippen molar-refractivity contribution in [1.82, 2.24) is 10.2 Å². The third kappa shape index (κ3) is 0.833. The zero-order valence-corrected chi connectivity index (χ0v) is 5.57. The van der Waals surface area contributed by atoms with Gasteiger partial charge in [0, 0.05) is 5.92 Å². The van der Waals surface area contributed by atoms with Crippen LogP contribution in [-0.2, 0) is 0 Å². The van der Waals surface area contributed by atoms with Crippen LogP contribution >= 0.6 is 11.6 Å². The minimum absolute atomic E-state index is 0.625. The average molecular weight is 142 g/mol. The summed E-state index contributed by atoms with van der Waals surface area (Å²) in [7, 11) is 0. The first-order chi connectivity index (χ1) is 4.38. The van der Waals surface area contributed by atoms with Crippen LogP contribution < -0.4 is 0 Å². The number of nitrogens with one attached hydrogen (secondary N) is 1. The van der Waals surface area contributed by atoms with E-state index in [1.165, 1.54) is 12.8 Å². The molecule has 1 aliphatic carbocycles. The first-order valence-electron chi connectivity index (χ1n) is 2.99. The Morgan fingerprint density at radius 3 is 2.89 bits per heavy atom. The number of halogens is 1. The molecule has 0 amide bonds. The molecule has 1 aromatic heterocycles. The van der Waals surface area contributed by atoms with Gasteiger partial charge in [-0.3, -0.25) is 5.10 Å². The van der Waals surface area contributed by atoms with Gasteiger partial charge < -0.3 is 0 Å². The molecule has 0 aliphatic heterocycles. The lowest BCUT2D eigenvalue weighted by Gasteiger charge is -1.85. The molecule has 3 heteroatoms. The Hall–Kier alpha value is -0.500. The maximum absolute atomic E-state index is 5.73. The van der Waals surface area contributed by atoms with Gasteiger partial charge in [0.25, 0.3) is 0 Å². The second-order valence-corrected chi connectivity index (χ2v) is 2.70. The molecule has 9 heavy (non-hydrogen) atoms. The maximum Gasteiger partial charge on any atom is 0.103 e. The van der Waals surface area contributed by atoms with Crippen LogP contribution in [0.4, 0.5) is 0 Å². The van der Waals surface area contributed by atoms with Crippen LogP contribution in [0.2, 0.25) is 5.02 Å². The quantitative estimate of drug-likeness (QED) is 0.634. The van der Waals surface area contributed by atoms with Crippen molar-refractivity contribution in [3.63, 3.8) is 0 Å². The predicted molar refractivity (Wildman–Crippen MR) is 34.4 cm³/mol. The van der Waals surface area contributed by atoms with Crippen molar-refractivity contribution in [3.05, 3.63) is 16.9 Å². The normalized spacial score (nSPS) is 18.3. The van der Waals surface area contributed by atoms with Gasteiger partial charge >= 0.3 is 0 Å². The van der Waals surface area contributed by atoms with Crippen molar-refractivity contribution in [1.29, 1.82) is 0 Å². The van der Waals surface area contributed by atoms with Gasteiger partial charge in [-0.25, -0.2) is 0 Å². The molecule has 0 spiro atoms. The van der Waals surface area contributed by atoms with E-state index < -0.39 is 0 Å². The highest BCUT2D eigenvalue weighted by Gasteiger charge is 2.27. The van der Waals surface area contributed by atoms with Gasteiger partial charge in [0.2, 0.25) is 0 Å². The molecule has 47 valence electrons. The van der Waals surface area contributed by atoms with Gasteiger partial charge in [-0.1, -0.05) is 11.6 Å². The van der Waals surface area contributed by atoms with Crippen molar-refractivity contribution in [2.75, 3.05) is 0 Å². The Labute approximate surface area is 58.2 Å².